The van der Waals surface area contributed by atoms with Gasteiger partial charge >= 0.3 is 0 Å². The third-order valence-electron chi connectivity index (χ3n) is 2.44. The van der Waals surface area contributed by atoms with Gasteiger partial charge in [0, 0.05) is 0 Å². The molecule has 0 saturated carbocycles. The van der Waals surface area contributed by atoms with Crippen molar-refractivity contribution in [3.05, 3.63) is 60.1 Å². The molecule has 0 amide bonds. The van der Waals surface area contributed by atoms with Crippen LogP contribution in [0, 0.1) is 0 Å². The number of furan rings is 1. The molecule has 1 aliphatic rings. The summed E-state index contributed by atoms with van der Waals surface area (Å²) in [5.41, 5.74) is 1.22. The van der Waals surface area contributed by atoms with Gasteiger partial charge in [0.05, 0.1) is 6.26 Å². The largest absolute Gasteiger partial charge is 0.466 e. The summed E-state index contributed by atoms with van der Waals surface area (Å²) in [6, 6.07) is 14.0. The molecule has 0 N–H and O–H groups in total. The Hall–Kier alpha value is -1.54. The van der Waals surface area contributed by atoms with E-state index in [-0.39, 0.29) is 12.2 Å². The summed E-state index contributed by atoms with van der Waals surface area (Å²) in [5, 5.41) is 0. The van der Waals surface area contributed by atoms with E-state index in [2.05, 4.69) is 12.1 Å². The highest BCUT2D eigenvalue weighted by Gasteiger charge is 2.43. The summed E-state index contributed by atoms with van der Waals surface area (Å²) in [7, 11) is 0. The molecular weight excluding hydrogens is 176 g/mol. The standard InChI is InChI=1S/C12H10O2/c1-2-5-9(6-3-1)11-12(14-11)10-7-4-8-13-10/h1-8,11-12H/t11-,12-/m0/s1. The van der Waals surface area contributed by atoms with Crippen molar-refractivity contribution in [3.8, 4) is 0 Å². The third-order valence-corrected chi connectivity index (χ3v) is 2.44. The Bertz CT molecular complexity index is 405. The van der Waals surface area contributed by atoms with Crippen LogP contribution in [0.3, 0.4) is 0 Å². The first kappa shape index (κ1) is 7.83. The van der Waals surface area contributed by atoms with Gasteiger partial charge in [-0.15, -0.1) is 0 Å². The van der Waals surface area contributed by atoms with Gasteiger partial charge in [-0.2, -0.15) is 0 Å². The lowest BCUT2D eigenvalue weighted by atomic mass is 10.1. The van der Waals surface area contributed by atoms with Crippen molar-refractivity contribution in [2.45, 2.75) is 12.2 Å². The average molecular weight is 186 g/mol. The van der Waals surface area contributed by atoms with Crippen molar-refractivity contribution in [3.63, 3.8) is 0 Å². The van der Waals surface area contributed by atoms with E-state index in [4.69, 9.17) is 9.15 Å². The molecule has 0 unspecified atom stereocenters. The molecule has 2 atom stereocenters. The monoisotopic (exact) mass is 186 g/mol. The molecular formula is C12H10O2. The minimum atomic E-state index is 0.118. The van der Waals surface area contributed by atoms with Gasteiger partial charge < -0.3 is 9.15 Å². The fourth-order valence-corrected chi connectivity index (χ4v) is 1.68. The predicted molar refractivity (Wildman–Crippen MR) is 51.7 cm³/mol. The van der Waals surface area contributed by atoms with Crippen molar-refractivity contribution in [2.75, 3.05) is 0 Å². The van der Waals surface area contributed by atoms with E-state index >= 15 is 0 Å². The molecule has 2 nitrogen and oxygen atoms in total. The highest BCUT2D eigenvalue weighted by Crippen LogP contribution is 2.50. The van der Waals surface area contributed by atoms with E-state index in [1.165, 1.54) is 5.56 Å². The van der Waals surface area contributed by atoms with Gasteiger partial charge in [0.25, 0.3) is 0 Å². The average Bonchev–Trinajstić information content (AvgIpc) is 2.87. The van der Waals surface area contributed by atoms with E-state index in [1.54, 1.807) is 6.26 Å². The SMILES string of the molecule is c1ccc([C@@H]2O[C@H]2c2ccco2)cc1. The van der Waals surface area contributed by atoms with Crippen molar-refractivity contribution in [1.29, 1.82) is 0 Å². The zero-order chi connectivity index (χ0) is 9.38. The minimum absolute atomic E-state index is 0.118. The topological polar surface area (TPSA) is 25.7 Å². The van der Waals surface area contributed by atoms with Crippen LogP contribution in [0.4, 0.5) is 0 Å². The quantitative estimate of drug-likeness (QED) is 0.673. The van der Waals surface area contributed by atoms with Crippen LogP contribution >= 0.6 is 0 Å². The van der Waals surface area contributed by atoms with Crippen molar-refractivity contribution >= 4 is 0 Å². The van der Waals surface area contributed by atoms with Gasteiger partial charge in [-0.3, -0.25) is 0 Å². The number of benzene rings is 1. The Balaban J connectivity index is 1.81. The molecule has 0 bridgehead atoms. The van der Waals surface area contributed by atoms with Crippen molar-refractivity contribution < 1.29 is 9.15 Å². The fourth-order valence-electron chi connectivity index (χ4n) is 1.68. The molecule has 1 aliphatic heterocycles. The molecule has 70 valence electrons. The second-order valence-corrected chi connectivity index (χ2v) is 3.40. The molecule has 1 aromatic heterocycles. The van der Waals surface area contributed by atoms with Crippen LogP contribution in [-0.2, 0) is 4.74 Å². The first-order valence-corrected chi connectivity index (χ1v) is 4.69. The number of ether oxygens (including phenoxy) is 1. The maximum atomic E-state index is 5.55. The summed E-state index contributed by atoms with van der Waals surface area (Å²) in [6.07, 6.45) is 1.98. The lowest BCUT2D eigenvalue weighted by molar-refractivity contribution is 0.349. The summed E-state index contributed by atoms with van der Waals surface area (Å²) in [5.74, 6) is 0.916. The van der Waals surface area contributed by atoms with Gasteiger partial charge in [0.15, 0.2) is 0 Å². The molecule has 2 heteroatoms. The van der Waals surface area contributed by atoms with Gasteiger partial charge in [-0.05, 0) is 17.7 Å². The number of epoxide rings is 1. The van der Waals surface area contributed by atoms with Crippen LogP contribution in [0.2, 0.25) is 0 Å². The first-order valence-electron chi connectivity index (χ1n) is 4.69. The van der Waals surface area contributed by atoms with Crippen LogP contribution in [-0.4, -0.2) is 0 Å². The summed E-state index contributed by atoms with van der Waals surface area (Å²) >= 11 is 0. The maximum absolute atomic E-state index is 5.55. The Morgan fingerprint density at radius 3 is 2.43 bits per heavy atom. The van der Waals surface area contributed by atoms with E-state index in [0.717, 1.165) is 5.76 Å². The lowest BCUT2D eigenvalue weighted by Gasteiger charge is -1.92. The van der Waals surface area contributed by atoms with Crippen LogP contribution in [0.1, 0.15) is 23.5 Å². The van der Waals surface area contributed by atoms with Crippen molar-refractivity contribution in [1.82, 2.24) is 0 Å². The Morgan fingerprint density at radius 1 is 0.857 bits per heavy atom. The molecule has 1 saturated heterocycles. The van der Waals surface area contributed by atoms with Gasteiger partial charge in [-0.25, -0.2) is 0 Å². The molecule has 2 aromatic rings. The molecule has 2 heterocycles. The third kappa shape index (κ3) is 1.24. The lowest BCUT2D eigenvalue weighted by Crippen LogP contribution is -1.80. The van der Waals surface area contributed by atoms with E-state index in [1.807, 2.05) is 30.3 Å². The van der Waals surface area contributed by atoms with E-state index < -0.39 is 0 Å². The predicted octanol–water partition coefficient (Wildman–Crippen LogP) is 3.09. The van der Waals surface area contributed by atoms with Gasteiger partial charge in [0.2, 0.25) is 0 Å². The Kier molecular flexibility index (Phi) is 1.67. The second-order valence-electron chi connectivity index (χ2n) is 3.40. The molecule has 1 fully saturated rings. The molecule has 3 rings (SSSR count). The highest BCUT2D eigenvalue weighted by atomic mass is 16.6. The molecule has 0 radical (unpaired) electrons. The molecule has 1 aromatic carbocycles. The van der Waals surface area contributed by atoms with Crippen LogP contribution in [0.25, 0.3) is 0 Å². The molecule has 14 heavy (non-hydrogen) atoms. The summed E-state index contributed by atoms with van der Waals surface area (Å²) < 4.78 is 10.8. The van der Waals surface area contributed by atoms with Crippen LogP contribution in [0.5, 0.6) is 0 Å². The summed E-state index contributed by atoms with van der Waals surface area (Å²) in [4.78, 5) is 0. The Morgan fingerprint density at radius 2 is 1.71 bits per heavy atom. The van der Waals surface area contributed by atoms with Crippen molar-refractivity contribution in [2.24, 2.45) is 0 Å². The van der Waals surface area contributed by atoms with E-state index in [0.29, 0.717) is 0 Å². The maximum Gasteiger partial charge on any atom is 0.146 e. The van der Waals surface area contributed by atoms with Gasteiger partial charge in [0.1, 0.15) is 18.0 Å². The number of hydrogen-bond donors (Lipinski definition) is 0. The number of hydrogen-bond acceptors (Lipinski definition) is 2. The first-order chi connectivity index (χ1) is 6.95. The smallest absolute Gasteiger partial charge is 0.146 e. The van der Waals surface area contributed by atoms with Crippen LogP contribution < -0.4 is 0 Å². The molecule has 0 aliphatic carbocycles. The summed E-state index contributed by atoms with van der Waals surface area (Å²) in [6.45, 7) is 0. The van der Waals surface area contributed by atoms with E-state index in [9.17, 15) is 0 Å². The highest BCUT2D eigenvalue weighted by molar-refractivity contribution is 5.25. The van der Waals surface area contributed by atoms with Crippen LogP contribution in [0.15, 0.2) is 53.1 Å². The zero-order valence-electron chi connectivity index (χ0n) is 7.59. The second kappa shape index (κ2) is 3.00. The zero-order valence-corrected chi connectivity index (χ0v) is 7.59. The minimum Gasteiger partial charge on any atom is -0.466 e. The number of rotatable bonds is 2. The Labute approximate surface area is 82.1 Å². The van der Waals surface area contributed by atoms with Gasteiger partial charge in [-0.1, -0.05) is 30.3 Å². The molecule has 0 spiro atoms. The normalized spacial score (nSPS) is 24.9. The fraction of sp³-hybridized carbons (Fsp3) is 0.167.